The third-order valence-electron chi connectivity index (χ3n) is 4.75. The predicted octanol–water partition coefficient (Wildman–Crippen LogP) is 2.73. The van der Waals surface area contributed by atoms with Gasteiger partial charge in [0, 0.05) is 6.54 Å². The number of ether oxygens (including phenoxy) is 2. The fraction of sp³-hybridized carbons (Fsp3) is 0.333. The van der Waals surface area contributed by atoms with Gasteiger partial charge in [0.1, 0.15) is 18.6 Å². The molecular weight excluding hydrogens is 294 g/mol. The predicted molar refractivity (Wildman–Crippen MR) is 84.6 cm³/mol. The van der Waals surface area contributed by atoms with Crippen LogP contribution in [-0.2, 0) is 11.2 Å². The molecule has 2 aliphatic heterocycles. The lowest BCUT2D eigenvalue weighted by atomic mass is 9.87. The van der Waals surface area contributed by atoms with Crippen LogP contribution in [0.1, 0.15) is 28.8 Å². The Bertz CT molecular complexity index is 746. The second-order valence-electron chi connectivity index (χ2n) is 6.04. The molecule has 23 heavy (non-hydrogen) atoms. The van der Waals surface area contributed by atoms with Crippen LogP contribution in [0.3, 0.4) is 0 Å². The molecule has 2 aliphatic rings. The maximum atomic E-state index is 9.90. The van der Waals surface area contributed by atoms with Gasteiger partial charge in [-0.3, -0.25) is 4.90 Å². The molecule has 1 saturated heterocycles. The first-order valence-electron chi connectivity index (χ1n) is 7.71. The zero-order valence-corrected chi connectivity index (χ0v) is 12.9. The normalized spacial score (nSPS) is 23.3. The lowest BCUT2D eigenvalue weighted by Gasteiger charge is -2.33. The maximum absolute atomic E-state index is 9.90. The average molecular weight is 313 g/mol. The molecule has 0 amide bonds. The number of rotatable bonds is 2. The van der Waals surface area contributed by atoms with Gasteiger partial charge in [0.15, 0.2) is 11.5 Å². The summed E-state index contributed by atoms with van der Waals surface area (Å²) in [7, 11) is 1.65. The monoisotopic (exact) mass is 313 g/mol. The first-order chi connectivity index (χ1) is 11.2. The smallest absolute Gasteiger partial charge is 0.157 e. The molecule has 0 bridgehead atoms. The van der Waals surface area contributed by atoms with Gasteiger partial charge in [-0.15, -0.1) is 0 Å². The summed E-state index contributed by atoms with van der Waals surface area (Å²) >= 11 is 0. The Morgan fingerprint density at radius 1 is 1.17 bits per heavy atom. The van der Waals surface area contributed by atoms with E-state index in [9.17, 15) is 10.2 Å². The topological polar surface area (TPSA) is 62.2 Å². The van der Waals surface area contributed by atoms with Crippen molar-refractivity contribution in [3.05, 3.63) is 53.1 Å². The van der Waals surface area contributed by atoms with Gasteiger partial charge in [0.25, 0.3) is 0 Å². The molecule has 0 aromatic heterocycles. The Morgan fingerprint density at radius 2 is 2.00 bits per heavy atom. The van der Waals surface area contributed by atoms with Crippen molar-refractivity contribution < 1.29 is 19.7 Å². The molecule has 2 heterocycles. The van der Waals surface area contributed by atoms with Crippen molar-refractivity contribution in [1.29, 1.82) is 0 Å². The van der Waals surface area contributed by atoms with E-state index in [1.54, 1.807) is 19.2 Å². The van der Waals surface area contributed by atoms with Crippen molar-refractivity contribution >= 4 is 0 Å². The molecule has 4 rings (SSSR count). The van der Waals surface area contributed by atoms with Gasteiger partial charge in [0.05, 0.1) is 13.2 Å². The van der Waals surface area contributed by atoms with Gasteiger partial charge >= 0.3 is 0 Å². The van der Waals surface area contributed by atoms with Gasteiger partial charge in [-0.25, -0.2) is 0 Å². The van der Waals surface area contributed by atoms with Crippen molar-refractivity contribution in [2.75, 3.05) is 20.4 Å². The van der Waals surface area contributed by atoms with E-state index in [2.05, 4.69) is 4.90 Å². The standard InChI is InChI=1S/C18H19NO4/c1-22-13-4-2-3-12(7-13)18-17-14-9-16(21)15(20)8-11(14)5-6-19(17)10-23-18/h2-4,7-9,17-18,20-21H,5-6,10H2,1H3. The molecule has 1 fully saturated rings. The molecule has 0 spiro atoms. The van der Waals surface area contributed by atoms with Gasteiger partial charge < -0.3 is 19.7 Å². The largest absolute Gasteiger partial charge is 0.504 e. The minimum Gasteiger partial charge on any atom is -0.504 e. The number of benzene rings is 2. The highest BCUT2D eigenvalue weighted by molar-refractivity contribution is 5.49. The van der Waals surface area contributed by atoms with Gasteiger partial charge in [-0.1, -0.05) is 12.1 Å². The lowest BCUT2D eigenvalue weighted by molar-refractivity contribution is 0.0892. The van der Waals surface area contributed by atoms with E-state index >= 15 is 0 Å². The fourth-order valence-electron chi connectivity index (χ4n) is 3.59. The minimum absolute atomic E-state index is 0.0392. The van der Waals surface area contributed by atoms with Crippen molar-refractivity contribution in [3.8, 4) is 17.2 Å². The fourth-order valence-corrected chi connectivity index (χ4v) is 3.59. The number of nitrogens with zero attached hydrogens (tertiary/aromatic N) is 1. The number of aromatic hydroxyl groups is 2. The van der Waals surface area contributed by atoms with E-state index in [1.807, 2.05) is 24.3 Å². The van der Waals surface area contributed by atoms with Crippen molar-refractivity contribution in [2.45, 2.75) is 18.6 Å². The Hall–Kier alpha value is -2.24. The van der Waals surface area contributed by atoms with Gasteiger partial charge in [-0.2, -0.15) is 0 Å². The van der Waals surface area contributed by atoms with E-state index in [0.29, 0.717) is 6.73 Å². The number of hydrogen-bond donors (Lipinski definition) is 2. The molecule has 0 aliphatic carbocycles. The molecule has 5 nitrogen and oxygen atoms in total. The van der Waals surface area contributed by atoms with Gasteiger partial charge in [0.2, 0.25) is 0 Å². The molecule has 2 aromatic rings. The Balaban J connectivity index is 1.77. The van der Waals surface area contributed by atoms with Crippen LogP contribution in [0, 0.1) is 0 Å². The van der Waals surface area contributed by atoms with E-state index in [4.69, 9.17) is 9.47 Å². The molecule has 0 radical (unpaired) electrons. The number of hydrogen-bond acceptors (Lipinski definition) is 5. The third kappa shape index (κ3) is 2.33. The number of phenolic OH excluding ortho intramolecular Hbond substituents is 2. The van der Waals surface area contributed by atoms with Crippen LogP contribution in [-0.4, -0.2) is 35.5 Å². The zero-order chi connectivity index (χ0) is 16.0. The lowest BCUT2D eigenvalue weighted by Crippen LogP contribution is -2.32. The quantitative estimate of drug-likeness (QED) is 0.835. The van der Waals surface area contributed by atoms with E-state index in [1.165, 1.54) is 0 Å². The highest BCUT2D eigenvalue weighted by Gasteiger charge is 2.41. The molecule has 2 atom stereocenters. The molecular formula is C18H19NO4. The van der Waals surface area contributed by atoms with Crippen LogP contribution in [0.25, 0.3) is 0 Å². The maximum Gasteiger partial charge on any atom is 0.157 e. The van der Waals surface area contributed by atoms with Crippen LogP contribution < -0.4 is 4.74 Å². The number of fused-ring (bicyclic) bond motifs is 3. The second-order valence-corrected chi connectivity index (χ2v) is 6.04. The highest BCUT2D eigenvalue weighted by atomic mass is 16.5. The Labute approximate surface area is 134 Å². The summed E-state index contributed by atoms with van der Waals surface area (Å²) < 4.78 is 11.4. The van der Waals surface area contributed by atoms with Gasteiger partial charge in [-0.05, 0) is 47.4 Å². The molecule has 2 unspecified atom stereocenters. The summed E-state index contributed by atoms with van der Waals surface area (Å²) in [5.74, 6) is 0.657. The molecule has 120 valence electrons. The average Bonchev–Trinajstić information content (AvgIpc) is 3.00. The number of phenols is 2. The summed E-state index contributed by atoms with van der Waals surface area (Å²) in [6, 6.07) is 11.3. The molecule has 5 heteroatoms. The minimum atomic E-state index is -0.118. The summed E-state index contributed by atoms with van der Waals surface area (Å²) in [4.78, 5) is 2.27. The van der Waals surface area contributed by atoms with Crippen molar-refractivity contribution in [3.63, 3.8) is 0 Å². The highest BCUT2D eigenvalue weighted by Crippen LogP contribution is 2.47. The summed E-state index contributed by atoms with van der Waals surface area (Å²) in [5, 5.41) is 19.7. The molecule has 0 saturated carbocycles. The van der Waals surface area contributed by atoms with Crippen LogP contribution in [0.2, 0.25) is 0 Å². The van der Waals surface area contributed by atoms with E-state index in [-0.39, 0.29) is 23.6 Å². The Morgan fingerprint density at radius 3 is 2.83 bits per heavy atom. The molecule has 2 N–H and O–H groups in total. The second kappa shape index (κ2) is 5.44. The zero-order valence-electron chi connectivity index (χ0n) is 12.9. The first-order valence-corrected chi connectivity index (χ1v) is 7.71. The van der Waals surface area contributed by atoms with E-state index < -0.39 is 0 Å². The summed E-state index contributed by atoms with van der Waals surface area (Å²) in [5.41, 5.74) is 3.15. The summed E-state index contributed by atoms with van der Waals surface area (Å²) in [6.07, 6.45) is 0.724. The molecule has 2 aromatic carbocycles. The first kappa shape index (κ1) is 14.4. The number of methoxy groups -OCH3 is 1. The van der Waals surface area contributed by atoms with E-state index in [0.717, 1.165) is 35.4 Å². The SMILES string of the molecule is COc1cccc(C2OCN3CCc4cc(O)c(O)cc4C23)c1. The Kier molecular flexibility index (Phi) is 3.39. The van der Waals surface area contributed by atoms with Crippen LogP contribution in [0.15, 0.2) is 36.4 Å². The third-order valence-corrected chi connectivity index (χ3v) is 4.75. The van der Waals surface area contributed by atoms with Crippen LogP contribution in [0.5, 0.6) is 17.2 Å². The van der Waals surface area contributed by atoms with Crippen molar-refractivity contribution in [2.24, 2.45) is 0 Å². The van der Waals surface area contributed by atoms with Crippen molar-refractivity contribution in [1.82, 2.24) is 4.90 Å². The summed E-state index contributed by atoms with van der Waals surface area (Å²) in [6.45, 7) is 1.44. The van der Waals surface area contributed by atoms with Crippen LogP contribution in [0.4, 0.5) is 0 Å². The van der Waals surface area contributed by atoms with Crippen LogP contribution >= 0.6 is 0 Å².